The first-order valence-corrected chi connectivity index (χ1v) is 14.3. The second kappa shape index (κ2) is 9.11. The molecule has 8 nitrogen and oxygen atoms in total. The monoisotopic (exact) mass is 613 g/mol. The maximum atomic E-state index is 14.1. The first-order valence-electron chi connectivity index (χ1n) is 11.2. The van der Waals surface area contributed by atoms with Gasteiger partial charge in [-0.1, -0.05) is 51.3 Å². The van der Waals surface area contributed by atoms with Crippen LogP contribution in [0.3, 0.4) is 0 Å². The lowest BCUT2D eigenvalue weighted by Gasteiger charge is -2.32. The number of rotatable bonds is 4. The molecule has 12 heteroatoms. The maximum absolute atomic E-state index is 14.1. The molecule has 190 valence electrons. The molecule has 1 fully saturated rings. The zero-order chi connectivity index (χ0) is 26.0. The Balaban J connectivity index is 1.75. The minimum absolute atomic E-state index is 0.0770. The summed E-state index contributed by atoms with van der Waals surface area (Å²) >= 11 is 15.8. The summed E-state index contributed by atoms with van der Waals surface area (Å²) in [5.74, 6) is -0.375. The highest BCUT2D eigenvalue weighted by Gasteiger charge is 2.54. The van der Waals surface area contributed by atoms with Crippen molar-refractivity contribution >= 4 is 66.5 Å². The Hall–Kier alpha value is -1.95. The number of aliphatic hydroxyl groups is 2. The van der Waals surface area contributed by atoms with Crippen LogP contribution in [0.5, 0.6) is 0 Å². The number of anilines is 2. The molecule has 5 rings (SSSR count). The SMILES string of the molecule is C[C@@]1(c2ccc(Br)cc2)C(=O)N(c2cc(Cl)cc(Cl)c2)c2ncc(S(=O)(=O)C3CCCC(O)C3O)n21. The molecule has 1 aromatic heterocycles. The van der Waals surface area contributed by atoms with E-state index >= 15 is 0 Å². The van der Waals surface area contributed by atoms with Crippen molar-refractivity contribution in [2.24, 2.45) is 0 Å². The lowest BCUT2D eigenvalue weighted by atomic mass is 9.91. The smallest absolute Gasteiger partial charge is 0.264 e. The van der Waals surface area contributed by atoms with E-state index in [0.717, 1.165) is 4.47 Å². The van der Waals surface area contributed by atoms with Gasteiger partial charge in [-0.2, -0.15) is 0 Å². The number of amides is 1. The molecule has 2 N–H and O–H groups in total. The fraction of sp³-hybridized carbons (Fsp3) is 0.333. The van der Waals surface area contributed by atoms with Crippen LogP contribution in [-0.4, -0.2) is 51.5 Å². The molecule has 0 spiro atoms. The van der Waals surface area contributed by atoms with E-state index in [1.54, 1.807) is 43.3 Å². The third-order valence-electron chi connectivity index (χ3n) is 6.94. The van der Waals surface area contributed by atoms with E-state index in [2.05, 4.69) is 20.9 Å². The van der Waals surface area contributed by atoms with Crippen molar-refractivity contribution in [3.63, 3.8) is 0 Å². The fourth-order valence-electron chi connectivity index (χ4n) is 5.05. The summed E-state index contributed by atoms with van der Waals surface area (Å²) in [4.78, 5) is 19.8. The van der Waals surface area contributed by atoms with Crippen LogP contribution in [0.1, 0.15) is 31.7 Å². The zero-order valence-corrected chi connectivity index (χ0v) is 22.9. The molecule has 4 atom stereocenters. The summed E-state index contributed by atoms with van der Waals surface area (Å²) in [6, 6.07) is 11.6. The minimum Gasteiger partial charge on any atom is -0.390 e. The van der Waals surface area contributed by atoms with Crippen LogP contribution >= 0.6 is 39.1 Å². The molecule has 0 radical (unpaired) electrons. The number of sulfone groups is 1. The van der Waals surface area contributed by atoms with Crippen molar-refractivity contribution in [3.05, 3.63) is 68.7 Å². The van der Waals surface area contributed by atoms with E-state index in [1.807, 2.05) is 0 Å². The highest BCUT2D eigenvalue weighted by molar-refractivity contribution is 9.10. The predicted molar refractivity (Wildman–Crippen MR) is 140 cm³/mol. The Morgan fingerprint density at radius 3 is 2.36 bits per heavy atom. The third-order valence-corrected chi connectivity index (χ3v) is 10.1. The summed E-state index contributed by atoms with van der Waals surface area (Å²) in [5, 5.41) is 19.9. The molecular formula is C24H22BrCl2N3O5S. The first kappa shape index (κ1) is 25.7. The highest BCUT2D eigenvalue weighted by atomic mass is 79.9. The quantitative estimate of drug-likeness (QED) is 0.449. The summed E-state index contributed by atoms with van der Waals surface area (Å²) in [6.45, 7) is 1.63. The zero-order valence-electron chi connectivity index (χ0n) is 19.0. The molecule has 0 saturated heterocycles. The molecule has 1 aliphatic carbocycles. The van der Waals surface area contributed by atoms with E-state index in [4.69, 9.17) is 23.2 Å². The van der Waals surface area contributed by atoms with Crippen LogP contribution in [-0.2, 0) is 20.2 Å². The molecule has 2 heterocycles. The molecular weight excluding hydrogens is 593 g/mol. The Bertz CT molecular complexity index is 1440. The van der Waals surface area contributed by atoms with Crippen LogP contribution in [0, 0.1) is 0 Å². The highest BCUT2D eigenvalue weighted by Crippen LogP contribution is 2.47. The standard InChI is InChI=1S/C24H22BrCl2N3O5S/c1-24(13-5-7-14(25)8-6-13)22(33)29(17-10-15(26)9-16(27)11-17)23-28-12-20(30(23)24)36(34,35)19-4-2-3-18(31)21(19)32/h5-12,18-19,21,31-32H,2-4H2,1H3/t18?,19?,21?,24-/m1/s1. The van der Waals surface area contributed by atoms with Gasteiger partial charge in [-0.15, -0.1) is 0 Å². The lowest BCUT2D eigenvalue weighted by Crippen LogP contribution is -2.47. The van der Waals surface area contributed by atoms with Gasteiger partial charge in [-0.25, -0.2) is 18.3 Å². The van der Waals surface area contributed by atoms with Crippen LogP contribution in [0.2, 0.25) is 10.0 Å². The number of aliphatic hydroxyl groups excluding tert-OH is 2. The molecule has 0 bridgehead atoms. The molecule has 2 aliphatic rings. The molecule has 36 heavy (non-hydrogen) atoms. The Morgan fingerprint density at radius 2 is 1.72 bits per heavy atom. The van der Waals surface area contributed by atoms with Gasteiger partial charge in [0.2, 0.25) is 15.8 Å². The lowest BCUT2D eigenvalue weighted by molar-refractivity contribution is -0.122. The third kappa shape index (κ3) is 3.90. The number of hydrogen-bond donors (Lipinski definition) is 2. The van der Waals surface area contributed by atoms with E-state index in [0.29, 0.717) is 34.1 Å². The van der Waals surface area contributed by atoms with Gasteiger partial charge in [-0.05, 0) is 62.1 Å². The van der Waals surface area contributed by atoms with Gasteiger partial charge in [0.15, 0.2) is 10.6 Å². The van der Waals surface area contributed by atoms with Crippen LogP contribution in [0.15, 0.2) is 58.2 Å². The van der Waals surface area contributed by atoms with Gasteiger partial charge in [0.25, 0.3) is 5.91 Å². The number of imidazole rings is 1. The van der Waals surface area contributed by atoms with Crippen molar-refractivity contribution in [1.29, 1.82) is 0 Å². The summed E-state index contributed by atoms with van der Waals surface area (Å²) in [7, 11) is -4.21. The second-order valence-corrected chi connectivity index (χ2v) is 13.1. The van der Waals surface area contributed by atoms with Crippen molar-refractivity contribution in [2.75, 3.05) is 4.90 Å². The minimum atomic E-state index is -4.21. The molecule has 2 aromatic carbocycles. The number of carbonyl (C=O) groups excluding carboxylic acids is 1. The van der Waals surface area contributed by atoms with Crippen molar-refractivity contribution < 1.29 is 23.4 Å². The second-order valence-electron chi connectivity index (χ2n) is 9.15. The summed E-state index contributed by atoms with van der Waals surface area (Å²) in [5.41, 5.74) is -0.629. The van der Waals surface area contributed by atoms with E-state index < -0.39 is 38.7 Å². The first-order chi connectivity index (χ1) is 17.0. The van der Waals surface area contributed by atoms with E-state index in [9.17, 15) is 23.4 Å². The van der Waals surface area contributed by atoms with Crippen molar-refractivity contribution in [3.8, 4) is 0 Å². The Labute approximate surface area is 226 Å². The largest absolute Gasteiger partial charge is 0.390 e. The number of hydrogen-bond acceptors (Lipinski definition) is 6. The van der Waals surface area contributed by atoms with Crippen LogP contribution in [0.25, 0.3) is 0 Å². The Kier molecular flexibility index (Phi) is 6.50. The Morgan fingerprint density at radius 1 is 1.08 bits per heavy atom. The van der Waals surface area contributed by atoms with Gasteiger partial charge in [0.1, 0.15) is 0 Å². The van der Waals surface area contributed by atoms with Gasteiger partial charge in [0.05, 0.1) is 29.3 Å². The van der Waals surface area contributed by atoms with Crippen LogP contribution < -0.4 is 4.90 Å². The molecule has 1 aliphatic heterocycles. The average Bonchev–Trinajstić information content (AvgIpc) is 3.34. The predicted octanol–water partition coefficient (Wildman–Crippen LogP) is 4.44. The van der Waals surface area contributed by atoms with Gasteiger partial charge in [0, 0.05) is 14.5 Å². The summed E-state index contributed by atoms with van der Waals surface area (Å²) < 4.78 is 29.9. The van der Waals surface area contributed by atoms with Crippen LogP contribution in [0.4, 0.5) is 11.6 Å². The van der Waals surface area contributed by atoms with Gasteiger partial charge >= 0.3 is 0 Å². The van der Waals surface area contributed by atoms with E-state index in [1.165, 1.54) is 21.7 Å². The van der Waals surface area contributed by atoms with Gasteiger partial charge < -0.3 is 10.2 Å². The van der Waals surface area contributed by atoms with Gasteiger partial charge in [-0.3, -0.25) is 9.36 Å². The normalized spacial score (nSPS) is 26.3. The van der Waals surface area contributed by atoms with E-state index in [-0.39, 0.29) is 17.4 Å². The number of nitrogens with zero attached hydrogens (tertiary/aromatic N) is 3. The average molecular weight is 615 g/mol. The molecule has 1 amide bonds. The number of aromatic nitrogens is 2. The number of carbonyl (C=O) groups is 1. The molecule has 3 aromatic rings. The topological polar surface area (TPSA) is 113 Å². The van der Waals surface area contributed by atoms with Crippen molar-refractivity contribution in [1.82, 2.24) is 9.55 Å². The molecule has 1 saturated carbocycles. The van der Waals surface area contributed by atoms with Crippen molar-refractivity contribution in [2.45, 2.75) is 54.2 Å². The number of fused-ring (bicyclic) bond motifs is 1. The maximum Gasteiger partial charge on any atom is 0.264 e. The number of benzene rings is 2. The summed E-state index contributed by atoms with van der Waals surface area (Å²) in [6.07, 6.45) is -0.466. The fourth-order valence-corrected chi connectivity index (χ4v) is 7.88. The molecule has 3 unspecified atom stereocenters. The number of halogens is 3.